The van der Waals surface area contributed by atoms with E-state index in [4.69, 9.17) is 18.9 Å². The molecular weight excluding hydrogens is 480 g/mol. The Hall–Kier alpha value is -2.39. The van der Waals surface area contributed by atoms with Gasteiger partial charge in [-0.3, -0.25) is 0 Å². The van der Waals surface area contributed by atoms with E-state index < -0.39 is 29.8 Å². The third kappa shape index (κ3) is 5.47. The second-order valence-electron chi connectivity index (χ2n) is 10.8. The number of carbonyl (C=O) groups is 2. The zero-order valence-corrected chi connectivity index (χ0v) is 22.9. The average Bonchev–Trinajstić information content (AvgIpc) is 3.06. The van der Waals surface area contributed by atoms with Crippen LogP contribution in [-0.4, -0.2) is 73.5 Å². The number of nitrogens with one attached hydrogen (secondary N) is 1. The van der Waals surface area contributed by atoms with Crippen molar-refractivity contribution in [2.24, 2.45) is 0 Å². The first-order valence-electron chi connectivity index (χ1n) is 12.5. The quantitative estimate of drug-likeness (QED) is 0.428. The summed E-state index contributed by atoms with van der Waals surface area (Å²) >= 11 is 1.61. The lowest BCUT2D eigenvalue weighted by Crippen LogP contribution is -2.47. The van der Waals surface area contributed by atoms with Gasteiger partial charge in [-0.2, -0.15) is 11.8 Å². The number of hydrogen-bond donors (Lipinski definition) is 1. The molecule has 9 heteroatoms. The number of rotatable bonds is 7. The molecule has 3 aliphatic rings. The SMILES string of the molecule is COc1ccc2c3c1O[C@H]1C[C@H](OC(=O)[C@H](CCSC)NC(=O)OC(C)(C)C)C=C[C@@]31CCN(C)C2. The third-order valence-corrected chi connectivity index (χ3v) is 7.63. The molecule has 0 fully saturated rings. The number of amides is 1. The van der Waals surface area contributed by atoms with E-state index in [2.05, 4.69) is 29.4 Å². The molecule has 1 aromatic rings. The van der Waals surface area contributed by atoms with Gasteiger partial charge in [0.1, 0.15) is 23.9 Å². The summed E-state index contributed by atoms with van der Waals surface area (Å²) in [7, 11) is 3.79. The Labute approximate surface area is 218 Å². The fourth-order valence-electron chi connectivity index (χ4n) is 5.32. The molecule has 1 N–H and O–H groups in total. The van der Waals surface area contributed by atoms with Crippen LogP contribution in [0.5, 0.6) is 11.5 Å². The van der Waals surface area contributed by atoms with Crippen molar-refractivity contribution in [3.63, 3.8) is 0 Å². The van der Waals surface area contributed by atoms with Gasteiger partial charge in [-0.05, 0) is 76.9 Å². The number of esters is 1. The van der Waals surface area contributed by atoms with Gasteiger partial charge in [0, 0.05) is 18.5 Å². The van der Waals surface area contributed by atoms with Crippen molar-refractivity contribution in [2.75, 3.05) is 32.7 Å². The normalized spacial score (nSPS) is 25.6. The summed E-state index contributed by atoms with van der Waals surface area (Å²) < 4.78 is 23.4. The fourth-order valence-corrected chi connectivity index (χ4v) is 5.79. The Morgan fingerprint density at radius 3 is 2.81 bits per heavy atom. The summed E-state index contributed by atoms with van der Waals surface area (Å²) in [4.78, 5) is 27.8. The lowest BCUT2D eigenvalue weighted by molar-refractivity contribution is -0.151. The Balaban J connectivity index is 1.52. The van der Waals surface area contributed by atoms with Gasteiger partial charge in [-0.25, -0.2) is 9.59 Å². The molecule has 2 aliphatic heterocycles. The first kappa shape index (κ1) is 26.7. The van der Waals surface area contributed by atoms with Crippen LogP contribution in [0, 0.1) is 0 Å². The van der Waals surface area contributed by atoms with E-state index in [1.54, 1.807) is 39.6 Å². The summed E-state index contributed by atoms with van der Waals surface area (Å²) in [6, 6.07) is 3.32. The van der Waals surface area contributed by atoms with E-state index in [9.17, 15) is 9.59 Å². The van der Waals surface area contributed by atoms with E-state index in [1.165, 1.54) is 11.1 Å². The number of methoxy groups -OCH3 is 1. The topological polar surface area (TPSA) is 86.3 Å². The first-order valence-corrected chi connectivity index (χ1v) is 13.9. The maximum atomic E-state index is 13.1. The van der Waals surface area contributed by atoms with Crippen molar-refractivity contribution in [1.82, 2.24) is 10.2 Å². The second-order valence-corrected chi connectivity index (χ2v) is 11.8. The van der Waals surface area contributed by atoms with Crippen molar-refractivity contribution in [1.29, 1.82) is 0 Å². The molecule has 198 valence electrons. The Morgan fingerprint density at radius 2 is 2.11 bits per heavy atom. The maximum absolute atomic E-state index is 13.1. The Bertz CT molecular complexity index is 1020. The van der Waals surface area contributed by atoms with Crippen molar-refractivity contribution in [3.8, 4) is 11.5 Å². The van der Waals surface area contributed by atoms with Gasteiger partial charge in [0.05, 0.1) is 12.5 Å². The maximum Gasteiger partial charge on any atom is 0.408 e. The highest BCUT2D eigenvalue weighted by Gasteiger charge is 2.53. The van der Waals surface area contributed by atoms with Crippen LogP contribution >= 0.6 is 11.8 Å². The summed E-state index contributed by atoms with van der Waals surface area (Å²) in [5, 5.41) is 2.70. The molecule has 0 saturated carbocycles. The first-order chi connectivity index (χ1) is 17.1. The molecule has 1 aliphatic carbocycles. The largest absolute Gasteiger partial charge is 0.493 e. The number of benzene rings is 1. The Kier molecular flexibility index (Phi) is 7.80. The van der Waals surface area contributed by atoms with Crippen molar-refractivity contribution < 1.29 is 28.5 Å². The molecule has 0 unspecified atom stereocenters. The van der Waals surface area contributed by atoms with Gasteiger partial charge in [0.25, 0.3) is 0 Å². The van der Waals surface area contributed by atoms with Crippen molar-refractivity contribution >= 4 is 23.8 Å². The molecule has 4 atom stereocenters. The van der Waals surface area contributed by atoms with Crippen LogP contribution in [-0.2, 0) is 26.2 Å². The van der Waals surface area contributed by atoms with Gasteiger partial charge >= 0.3 is 12.1 Å². The van der Waals surface area contributed by atoms with Gasteiger partial charge in [0.15, 0.2) is 11.5 Å². The monoisotopic (exact) mass is 518 g/mol. The minimum Gasteiger partial charge on any atom is -0.493 e. The molecule has 1 aromatic carbocycles. The molecule has 1 amide bonds. The molecule has 1 spiro atoms. The highest BCUT2D eigenvalue weighted by molar-refractivity contribution is 7.98. The molecule has 0 aromatic heterocycles. The van der Waals surface area contributed by atoms with Crippen LogP contribution in [0.2, 0.25) is 0 Å². The van der Waals surface area contributed by atoms with Crippen molar-refractivity contribution in [2.45, 2.75) is 75.8 Å². The number of ether oxygens (including phenoxy) is 4. The highest BCUT2D eigenvalue weighted by atomic mass is 32.2. The molecule has 8 nitrogen and oxygen atoms in total. The summed E-state index contributed by atoms with van der Waals surface area (Å²) in [5.74, 6) is 1.77. The van der Waals surface area contributed by atoms with Gasteiger partial charge < -0.3 is 29.2 Å². The molecule has 0 saturated heterocycles. The second kappa shape index (κ2) is 10.5. The van der Waals surface area contributed by atoms with Gasteiger partial charge in [-0.15, -0.1) is 0 Å². The molecule has 0 bridgehead atoms. The van der Waals surface area contributed by atoms with Crippen LogP contribution in [0.15, 0.2) is 24.3 Å². The minimum atomic E-state index is -0.781. The number of alkyl carbamates (subject to hydrolysis) is 1. The molecule has 2 heterocycles. The van der Waals surface area contributed by atoms with Crippen LogP contribution in [0.1, 0.15) is 51.2 Å². The molecule has 4 rings (SSSR count). The molecule has 36 heavy (non-hydrogen) atoms. The van der Waals surface area contributed by atoms with Crippen LogP contribution in [0.3, 0.4) is 0 Å². The zero-order valence-electron chi connectivity index (χ0n) is 22.1. The minimum absolute atomic E-state index is 0.166. The summed E-state index contributed by atoms with van der Waals surface area (Å²) in [6.07, 6.45) is 6.78. The zero-order chi connectivity index (χ0) is 26.1. The van der Waals surface area contributed by atoms with E-state index >= 15 is 0 Å². The number of carbonyl (C=O) groups excluding carboxylic acids is 2. The van der Waals surface area contributed by atoms with E-state index in [0.717, 1.165) is 31.0 Å². The average molecular weight is 519 g/mol. The Morgan fingerprint density at radius 1 is 1.33 bits per heavy atom. The number of thioether (sulfide) groups is 1. The molecular formula is C27H38N2O6S. The van der Waals surface area contributed by atoms with Gasteiger partial charge in [0.2, 0.25) is 0 Å². The number of nitrogens with zero attached hydrogens (tertiary/aromatic N) is 1. The smallest absolute Gasteiger partial charge is 0.408 e. The highest BCUT2D eigenvalue weighted by Crippen LogP contribution is 2.55. The predicted molar refractivity (Wildman–Crippen MR) is 140 cm³/mol. The predicted octanol–water partition coefficient (Wildman–Crippen LogP) is 4.05. The standard InChI is InChI=1S/C27H38N2O6S/c1-26(2,3)35-25(31)28-19(10-14-36-6)24(30)33-18-9-11-27-12-13-29(4)16-17-7-8-20(32-5)23(22(17)27)34-21(27)15-18/h7-9,11,18-19,21H,10,12-16H2,1-6H3,(H,28,31)/t18-,19+,21+,27+/m1/s1. The summed E-state index contributed by atoms with van der Waals surface area (Å²) in [6.45, 7) is 7.15. The lowest BCUT2D eigenvalue weighted by Gasteiger charge is -2.37. The van der Waals surface area contributed by atoms with Crippen molar-refractivity contribution in [3.05, 3.63) is 35.4 Å². The summed E-state index contributed by atoms with van der Waals surface area (Å²) in [5.41, 5.74) is 1.51. The fraction of sp³-hybridized carbons (Fsp3) is 0.630. The van der Waals surface area contributed by atoms with Crippen LogP contribution < -0.4 is 14.8 Å². The number of hydrogen-bond acceptors (Lipinski definition) is 8. The third-order valence-electron chi connectivity index (χ3n) is 6.98. The van der Waals surface area contributed by atoms with Gasteiger partial charge in [-0.1, -0.05) is 12.1 Å². The molecule has 0 radical (unpaired) electrons. The lowest BCUT2D eigenvalue weighted by atomic mass is 9.69. The van der Waals surface area contributed by atoms with E-state index in [-0.39, 0.29) is 11.5 Å². The van der Waals surface area contributed by atoms with E-state index in [1.807, 2.05) is 18.4 Å². The van der Waals surface area contributed by atoms with Crippen LogP contribution in [0.25, 0.3) is 0 Å². The van der Waals surface area contributed by atoms with Crippen LogP contribution in [0.4, 0.5) is 4.79 Å². The van der Waals surface area contributed by atoms with E-state index in [0.29, 0.717) is 18.6 Å².